The van der Waals surface area contributed by atoms with E-state index < -0.39 is 17.1 Å². The number of ether oxygens (including phenoxy) is 1. The Balaban J connectivity index is 2.21. The summed E-state index contributed by atoms with van der Waals surface area (Å²) in [6, 6.07) is 5.05. The Morgan fingerprint density at radius 2 is 2.00 bits per heavy atom. The molecule has 0 aromatic heterocycles. The second-order valence-corrected chi connectivity index (χ2v) is 7.83. The van der Waals surface area contributed by atoms with Crippen LogP contribution in [0.1, 0.15) is 39.2 Å². The van der Waals surface area contributed by atoms with Crippen molar-refractivity contribution in [2.24, 2.45) is 0 Å². The number of hydrogen-bond donors (Lipinski definition) is 1. The van der Waals surface area contributed by atoms with Gasteiger partial charge in [-0.2, -0.15) is 0 Å². The van der Waals surface area contributed by atoms with Gasteiger partial charge in [0.2, 0.25) is 5.91 Å². The number of piperidine rings is 1. The molecule has 1 atom stereocenters. The summed E-state index contributed by atoms with van der Waals surface area (Å²) in [5.74, 6) is -0.379. The van der Waals surface area contributed by atoms with Gasteiger partial charge in [0.05, 0.1) is 16.7 Å². The number of imide groups is 1. The molecule has 24 heavy (non-hydrogen) atoms. The first-order valence-corrected chi connectivity index (χ1v) is 8.43. The maximum Gasteiger partial charge on any atom is 0.417 e. The lowest BCUT2D eigenvalue weighted by atomic mass is 9.73. The number of hydrogen-bond acceptors (Lipinski definition) is 4. The first-order valence-electron chi connectivity index (χ1n) is 7.68. The number of carbonyl (C=O) groups is 2. The minimum atomic E-state index is -0.774. The Morgan fingerprint density at radius 1 is 1.33 bits per heavy atom. The van der Waals surface area contributed by atoms with Gasteiger partial charge in [0.25, 0.3) is 0 Å². The SMILES string of the molecule is CC(C)(C)OC(=O)N1CCC(CO)(c2ccc(Cl)c(Cl)c2)CC1=O. The summed E-state index contributed by atoms with van der Waals surface area (Å²) in [6.07, 6.45) is -0.235. The Kier molecular flexibility index (Phi) is 5.47. The first-order chi connectivity index (χ1) is 11.1. The number of aliphatic hydroxyl groups excluding tert-OH is 1. The van der Waals surface area contributed by atoms with Crippen molar-refractivity contribution in [2.75, 3.05) is 13.2 Å². The second kappa shape index (κ2) is 6.90. The summed E-state index contributed by atoms with van der Waals surface area (Å²) < 4.78 is 5.26. The molecule has 0 saturated carbocycles. The second-order valence-electron chi connectivity index (χ2n) is 7.02. The summed E-state index contributed by atoms with van der Waals surface area (Å²) >= 11 is 12.0. The van der Waals surface area contributed by atoms with Crippen molar-refractivity contribution in [1.82, 2.24) is 4.90 Å². The molecule has 1 aromatic rings. The average molecular weight is 374 g/mol. The zero-order chi connectivity index (χ0) is 18.1. The van der Waals surface area contributed by atoms with Crippen LogP contribution in [0.4, 0.5) is 4.79 Å². The van der Waals surface area contributed by atoms with Crippen LogP contribution < -0.4 is 0 Å². The quantitative estimate of drug-likeness (QED) is 0.856. The molecule has 7 heteroatoms. The number of rotatable bonds is 2. The van der Waals surface area contributed by atoms with Crippen molar-refractivity contribution in [2.45, 2.75) is 44.6 Å². The molecule has 0 radical (unpaired) electrons. The molecule has 2 rings (SSSR count). The number of nitrogens with zero attached hydrogens (tertiary/aromatic N) is 1. The molecular weight excluding hydrogens is 353 g/mol. The van der Waals surface area contributed by atoms with Crippen molar-refractivity contribution in [3.8, 4) is 0 Å². The third-order valence-corrected chi connectivity index (χ3v) is 4.79. The van der Waals surface area contributed by atoms with Crippen LogP contribution in [0.3, 0.4) is 0 Å². The summed E-state index contributed by atoms with van der Waals surface area (Å²) in [7, 11) is 0. The van der Waals surface area contributed by atoms with Crippen LogP contribution in [0.5, 0.6) is 0 Å². The van der Waals surface area contributed by atoms with Crippen molar-refractivity contribution in [3.63, 3.8) is 0 Å². The average Bonchev–Trinajstić information content (AvgIpc) is 2.47. The van der Waals surface area contributed by atoms with Crippen molar-refractivity contribution >= 4 is 35.2 Å². The monoisotopic (exact) mass is 373 g/mol. The topological polar surface area (TPSA) is 66.8 Å². The van der Waals surface area contributed by atoms with Crippen LogP contribution >= 0.6 is 23.2 Å². The van der Waals surface area contributed by atoms with Gasteiger partial charge in [0.1, 0.15) is 5.60 Å². The molecule has 0 spiro atoms. The maximum atomic E-state index is 12.5. The van der Waals surface area contributed by atoms with E-state index in [9.17, 15) is 14.7 Å². The maximum absolute atomic E-state index is 12.5. The fourth-order valence-corrected chi connectivity index (χ4v) is 3.03. The Labute approximate surface area is 151 Å². The van der Waals surface area contributed by atoms with Crippen molar-refractivity contribution in [3.05, 3.63) is 33.8 Å². The molecular formula is C17H21Cl2NO4. The number of benzene rings is 1. The van der Waals surface area contributed by atoms with Gasteiger partial charge in [-0.3, -0.25) is 4.79 Å². The summed E-state index contributed by atoms with van der Waals surface area (Å²) in [5.41, 5.74) is -0.715. The fraction of sp³-hybridized carbons (Fsp3) is 0.529. The Hall–Kier alpha value is -1.30. The third-order valence-electron chi connectivity index (χ3n) is 4.05. The van der Waals surface area contributed by atoms with E-state index in [0.29, 0.717) is 16.5 Å². The van der Waals surface area contributed by atoms with Crippen molar-refractivity contribution in [1.29, 1.82) is 0 Å². The van der Waals surface area contributed by atoms with E-state index in [-0.39, 0.29) is 25.5 Å². The van der Waals surface area contributed by atoms with Crippen LogP contribution in [0.15, 0.2) is 18.2 Å². The van der Waals surface area contributed by atoms with Crippen LogP contribution in [-0.4, -0.2) is 40.8 Å². The molecule has 1 aliphatic heterocycles. The molecule has 1 N–H and O–H groups in total. The number of aliphatic hydroxyl groups is 1. The van der Waals surface area contributed by atoms with E-state index in [1.807, 2.05) is 0 Å². The molecule has 132 valence electrons. The Morgan fingerprint density at radius 3 is 2.50 bits per heavy atom. The van der Waals surface area contributed by atoms with Crippen LogP contribution in [-0.2, 0) is 14.9 Å². The largest absolute Gasteiger partial charge is 0.443 e. The number of amides is 2. The van der Waals surface area contributed by atoms with Gasteiger partial charge in [0.15, 0.2) is 0 Å². The van der Waals surface area contributed by atoms with E-state index in [2.05, 4.69) is 0 Å². The zero-order valence-corrected chi connectivity index (χ0v) is 15.4. The van der Waals surface area contributed by atoms with Gasteiger partial charge in [-0.25, -0.2) is 9.69 Å². The van der Waals surface area contributed by atoms with E-state index >= 15 is 0 Å². The molecule has 1 aliphatic rings. The molecule has 0 aliphatic carbocycles. The highest BCUT2D eigenvalue weighted by atomic mass is 35.5. The summed E-state index contributed by atoms with van der Waals surface area (Å²) in [5, 5.41) is 10.7. The highest BCUT2D eigenvalue weighted by Crippen LogP contribution is 2.38. The lowest BCUT2D eigenvalue weighted by molar-refractivity contribution is -0.135. The van der Waals surface area contributed by atoms with Gasteiger partial charge in [-0.1, -0.05) is 29.3 Å². The standard InChI is InChI=1S/C17H21Cl2NO4/c1-16(2,3)24-15(23)20-7-6-17(10-21,9-14(20)22)11-4-5-12(18)13(19)8-11/h4-5,8,21H,6-7,9-10H2,1-3H3. The fourth-order valence-electron chi connectivity index (χ4n) is 2.73. The minimum absolute atomic E-state index is 0.000699. The molecule has 5 nitrogen and oxygen atoms in total. The van der Waals surface area contributed by atoms with Gasteiger partial charge in [0, 0.05) is 18.4 Å². The predicted molar refractivity (Wildman–Crippen MR) is 92.4 cm³/mol. The molecule has 1 fully saturated rings. The number of carbonyl (C=O) groups excluding carboxylic acids is 2. The molecule has 1 unspecified atom stereocenters. The molecule has 1 saturated heterocycles. The molecule has 1 aromatic carbocycles. The Bertz CT molecular complexity index is 656. The third kappa shape index (κ3) is 4.02. The van der Waals surface area contributed by atoms with E-state index in [0.717, 1.165) is 10.5 Å². The smallest absolute Gasteiger partial charge is 0.417 e. The number of likely N-dealkylation sites (tertiary alicyclic amines) is 1. The highest BCUT2D eigenvalue weighted by molar-refractivity contribution is 6.42. The zero-order valence-electron chi connectivity index (χ0n) is 13.9. The first kappa shape index (κ1) is 19.0. The highest BCUT2D eigenvalue weighted by Gasteiger charge is 2.43. The minimum Gasteiger partial charge on any atom is -0.443 e. The number of halogens is 2. The lowest BCUT2D eigenvalue weighted by Gasteiger charge is -2.40. The van der Waals surface area contributed by atoms with Crippen molar-refractivity contribution < 1.29 is 19.4 Å². The summed E-state index contributed by atoms with van der Waals surface area (Å²) in [4.78, 5) is 25.7. The van der Waals surface area contributed by atoms with Gasteiger partial charge in [-0.15, -0.1) is 0 Å². The molecule has 2 amide bonds. The van der Waals surface area contributed by atoms with E-state index in [1.165, 1.54) is 0 Å². The van der Waals surface area contributed by atoms with Gasteiger partial charge < -0.3 is 9.84 Å². The van der Waals surface area contributed by atoms with Crippen LogP contribution in [0, 0.1) is 0 Å². The van der Waals surface area contributed by atoms with E-state index in [1.54, 1.807) is 39.0 Å². The van der Waals surface area contributed by atoms with Crippen LogP contribution in [0.2, 0.25) is 10.0 Å². The van der Waals surface area contributed by atoms with Gasteiger partial charge in [-0.05, 0) is 44.9 Å². The van der Waals surface area contributed by atoms with Gasteiger partial charge >= 0.3 is 6.09 Å². The predicted octanol–water partition coefficient (Wildman–Crippen LogP) is 3.78. The summed E-state index contributed by atoms with van der Waals surface area (Å²) in [6.45, 7) is 5.18. The van der Waals surface area contributed by atoms with Crippen LogP contribution in [0.25, 0.3) is 0 Å². The lowest BCUT2D eigenvalue weighted by Crippen LogP contribution is -2.51. The molecule has 1 heterocycles. The molecule has 0 bridgehead atoms. The van der Waals surface area contributed by atoms with E-state index in [4.69, 9.17) is 27.9 Å². The normalized spacial score (nSPS) is 21.8.